The smallest absolute Gasteiger partial charge is 0.234 e. The first-order valence-electron chi connectivity index (χ1n) is 5.97. The lowest BCUT2D eigenvalue weighted by Gasteiger charge is -2.22. The maximum atomic E-state index is 11.3. The molecule has 0 aromatic heterocycles. The van der Waals surface area contributed by atoms with Crippen molar-refractivity contribution in [1.82, 2.24) is 4.90 Å². The first-order valence-corrected chi connectivity index (χ1v) is 6.35. The number of primary amides is 1. The predicted octanol–water partition coefficient (Wildman–Crippen LogP) is 1.80. The Morgan fingerprint density at radius 1 is 1.61 bits per heavy atom. The number of halogens is 1. The number of carbonyl (C=O) groups is 1. The topological polar surface area (TPSA) is 55.6 Å². The van der Waals surface area contributed by atoms with Crippen molar-refractivity contribution >= 4 is 17.5 Å². The van der Waals surface area contributed by atoms with E-state index in [0.29, 0.717) is 11.6 Å². The van der Waals surface area contributed by atoms with Gasteiger partial charge in [0, 0.05) is 17.1 Å². The first kappa shape index (κ1) is 13.2. The van der Waals surface area contributed by atoms with Crippen LogP contribution >= 0.6 is 11.6 Å². The summed E-state index contributed by atoms with van der Waals surface area (Å²) in [5.41, 5.74) is 6.39. The van der Waals surface area contributed by atoms with Gasteiger partial charge in [0.2, 0.25) is 5.91 Å². The minimum atomic E-state index is -0.256. The van der Waals surface area contributed by atoms with Crippen molar-refractivity contribution in [2.24, 2.45) is 5.73 Å². The fourth-order valence-corrected chi connectivity index (χ4v) is 2.62. The molecule has 2 rings (SSSR count). The van der Waals surface area contributed by atoms with Gasteiger partial charge in [-0.2, -0.15) is 0 Å². The molecule has 1 aliphatic heterocycles. The molecule has 1 aliphatic rings. The summed E-state index contributed by atoms with van der Waals surface area (Å²) in [6, 6.07) is 5.33. The van der Waals surface area contributed by atoms with E-state index in [2.05, 4.69) is 4.90 Å². The van der Waals surface area contributed by atoms with Gasteiger partial charge in [-0.05, 0) is 37.6 Å². The number of nitrogens with zero attached hydrogens (tertiary/aromatic N) is 1. The number of methoxy groups -OCH3 is 1. The molecular weight excluding hydrogens is 252 g/mol. The van der Waals surface area contributed by atoms with Crippen LogP contribution in [0.15, 0.2) is 18.2 Å². The zero-order chi connectivity index (χ0) is 13.1. The maximum Gasteiger partial charge on any atom is 0.234 e. The Balaban J connectivity index is 2.18. The number of carbonyl (C=O) groups excluding carboxylic acids is 1. The molecule has 0 spiro atoms. The highest BCUT2D eigenvalue weighted by Crippen LogP contribution is 2.27. The van der Waals surface area contributed by atoms with Crippen LogP contribution in [0.3, 0.4) is 0 Å². The van der Waals surface area contributed by atoms with Crippen molar-refractivity contribution in [3.05, 3.63) is 28.8 Å². The number of benzene rings is 1. The fraction of sp³-hybridized carbons (Fsp3) is 0.462. The van der Waals surface area contributed by atoms with Gasteiger partial charge in [0.05, 0.1) is 13.2 Å². The van der Waals surface area contributed by atoms with Crippen LogP contribution in [0.25, 0.3) is 0 Å². The quantitative estimate of drug-likeness (QED) is 0.906. The highest BCUT2D eigenvalue weighted by Gasteiger charge is 2.29. The van der Waals surface area contributed by atoms with E-state index in [1.807, 2.05) is 12.1 Å². The minimum Gasteiger partial charge on any atom is -0.496 e. The molecule has 2 N–H and O–H groups in total. The molecule has 0 bridgehead atoms. The fourth-order valence-electron chi connectivity index (χ4n) is 2.43. The molecule has 0 saturated carbocycles. The van der Waals surface area contributed by atoms with Crippen LogP contribution in [0.1, 0.15) is 18.4 Å². The Labute approximate surface area is 112 Å². The highest BCUT2D eigenvalue weighted by molar-refractivity contribution is 6.30. The van der Waals surface area contributed by atoms with Gasteiger partial charge in [-0.1, -0.05) is 11.6 Å². The van der Waals surface area contributed by atoms with Crippen LogP contribution in [-0.2, 0) is 11.3 Å². The summed E-state index contributed by atoms with van der Waals surface area (Å²) >= 11 is 5.99. The Morgan fingerprint density at radius 2 is 2.39 bits per heavy atom. The van der Waals surface area contributed by atoms with Crippen LogP contribution in [0, 0.1) is 0 Å². The third-order valence-electron chi connectivity index (χ3n) is 3.31. The van der Waals surface area contributed by atoms with Crippen LogP contribution in [0.5, 0.6) is 5.75 Å². The zero-order valence-electron chi connectivity index (χ0n) is 10.4. The molecule has 0 radical (unpaired) electrons. The number of nitrogens with two attached hydrogens (primary N) is 1. The third-order valence-corrected chi connectivity index (χ3v) is 3.54. The average molecular weight is 269 g/mol. The molecule has 18 heavy (non-hydrogen) atoms. The van der Waals surface area contributed by atoms with Crippen molar-refractivity contribution in [2.45, 2.75) is 25.4 Å². The lowest BCUT2D eigenvalue weighted by atomic mass is 10.1. The van der Waals surface area contributed by atoms with Crippen LogP contribution in [-0.4, -0.2) is 30.5 Å². The van der Waals surface area contributed by atoms with E-state index in [1.54, 1.807) is 13.2 Å². The molecule has 4 nitrogen and oxygen atoms in total. The second-order valence-corrected chi connectivity index (χ2v) is 4.92. The number of ether oxygens (including phenoxy) is 1. The Morgan fingerprint density at radius 3 is 3.06 bits per heavy atom. The molecular formula is C13H17ClN2O2. The van der Waals surface area contributed by atoms with Crippen LogP contribution in [0.2, 0.25) is 5.02 Å². The molecule has 0 aliphatic carbocycles. The molecule has 1 amide bonds. The average Bonchev–Trinajstić information content (AvgIpc) is 2.77. The van der Waals surface area contributed by atoms with E-state index in [0.717, 1.165) is 30.7 Å². The van der Waals surface area contributed by atoms with Gasteiger partial charge in [-0.25, -0.2) is 0 Å². The Hall–Kier alpha value is -1.26. The van der Waals surface area contributed by atoms with Gasteiger partial charge in [0.1, 0.15) is 5.75 Å². The third kappa shape index (κ3) is 2.76. The van der Waals surface area contributed by atoms with Crippen molar-refractivity contribution in [1.29, 1.82) is 0 Å². The molecule has 1 saturated heterocycles. The summed E-state index contributed by atoms with van der Waals surface area (Å²) in [5, 5.41) is 0.667. The normalized spacial score (nSPS) is 20.0. The Kier molecular flexibility index (Phi) is 4.09. The summed E-state index contributed by atoms with van der Waals surface area (Å²) in [5.74, 6) is 0.531. The number of amides is 1. The minimum absolute atomic E-state index is 0.173. The summed E-state index contributed by atoms with van der Waals surface area (Å²) in [6.07, 6.45) is 1.83. The summed E-state index contributed by atoms with van der Waals surface area (Å²) < 4.78 is 5.30. The maximum absolute atomic E-state index is 11.3. The van der Waals surface area contributed by atoms with Gasteiger partial charge in [-0.15, -0.1) is 0 Å². The first-order chi connectivity index (χ1) is 8.61. The lowest BCUT2D eigenvalue weighted by molar-refractivity contribution is -0.122. The van der Waals surface area contributed by atoms with E-state index < -0.39 is 0 Å². The zero-order valence-corrected chi connectivity index (χ0v) is 11.1. The van der Waals surface area contributed by atoms with E-state index >= 15 is 0 Å². The summed E-state index contributed by atoms with van der Waals surface area (Å²) in [4.78, 5) is 13.4. The van der Waals surface area contributed by atoms with Crippen molar-refractivity contribution in [2.75, 3.05) is 13.7 Å². The molecule has 5 heteroatoms. The van der Waals surface area contributed by atoms with E-state index in [-0.39, 0.29) is 11.9 Å². The number of hydrogen-bond donors (Lipinski definition) is 1. The largest absolute Gasteiger partial charge is 0.496 e. The van der Waals surface area contributed by atoms with Gasteiger partial charge in [-0.3, -0.25) is 9.69 Å². The summed E-state index contributed by atoms with van der Waals surface area (Å²) in [6.45, 7) is 1.51. The Bertz CT molecular complexity index is 451. The molecule has 1 heterocycles. The highest BCUT2D eigenvalue weighted by atomic mass is 35.5. The standard InChI is InChI=1S/C13H17ClN2O2/c1-18-12-5-4-10(14)7-9(12)8-16-6-2-3-11(16)13(15)17/h4-5,7,11H,2-3,6,8H2,1H3,(H2,15,17). The van der Waals surface area contributed by atoms with Gasteiger partial charge in [0.15, 0.2) is 0 Å². The van der Waals surface area contributed by atoms with Crippen molar-refractivity contribution < 1.29 is 9.53 Å². The van der Waals surface area contributed by atoms with Gasteiger partial charge < -0.3 is 10.5 Å². The second-order valence-electron chi connectivity index (χ2n) is 4.49. The molecule has 98 valence electrons. The predicted molar refractivity (Wildman–Crippen MR) is 70.6 cm³/mol. The van der Waals surface area contributed by atoms with Gasteiger partial charge >= 0.3 is 0 Å². The van der Waals surface area contributed by atoms with E-state index in [9.17, 15) is 4.79 Å². The lowest BCUT2D eigenvalue weighted by Crippen LogP contribution is -2.39. The number of hydrogen-bond acceptors (Lipinski definition) is 3. The van der Waals surface area contributed by atoms with Crippen molar-refractivity contribution in [3.63, 3.8) is 0 Å². The monoisotopic (exact) mass is 268 g/mol. The molecule has 1 atom stereocenters. The van der Waals surface area contributed by atoms with Crippen molar-refractivity contribution in [3.8, 4) is 5.75 Å². The van der Waals surface area contributed by atoms with Crippen LogP contribution < -0.4 is 10.5 Å². The second kappa shape index (κ2) is 5.59. The number of likely N-dealkylation sites (tertiary alicyclic amines) is 1. The molecule has 1 unspecified atom stereocenters. The summed E-state index contributed by atoms with van der Waals surface area (Å²) in [7, 11) is 1.63. The molecule has 1 fully saturated rings. The van der Waals surface area contributed by atoms with Gasteiger partial charge in [0.25, 0.3) is 0 Å². The SMILES string of the molecule is COc1ccc(Cl)cc1CN1CCCC1C(N)=O. The number of rotatable bonds is 4. The molecule has 1 aromatic carbocycles. The van der Waals surface area contributed by atoms with Crippen LogP contribution in [0.4, 0.5) is 0 Å². The molecule has 1 aromatic rings. The van der Waals surface area contributed by atoms with E-state index in [1.165, 1.54) is 0 Å². The van der Waals surface area contributed by atoms with E-state index in [4.69, 9.17) is 22.1 Å².